The van der Waals surface area contributed by atoms with E-state index in [-0.39, 0.29) is 39.8 Å². The molecule has 0 spiro atoms. The zero-order chi connectivity index (χ0) is 25.3. The summed E-state index contributed by atoms with van der Waals surface area (Å²) in [5.74, 6) is -0.153. The number of aromatic hydroxyl groups is 1. The fraction of sp³-hybridized carbons (Fsp3) is 0.364. The summed E-state index contributed by atoms with van der Waals surface area (Å²) in [6.07, 6.45) is 0.286. The summed E-state index contributed by atoms with van der Waals surface area (Å²) < 4.78 is 52.1. The lowest BCUT2D eigenvalue weighted by atomic mass is 10.2. The molecule has 2 N–H and O–H groups in total. The van der Waals surface area contributed by atoms with E-state index in [2.05, 4.69) is 10.3 Å². The van der Waals surface area contributed by atoms with Crippen LogP contribution in [0, 0.1) is 0 Å². The van der Waals surface area contributed by atoms with Gasteiger partial charge in [-0.2, -0.15) is 0 Å². The lowest BCUT2D eigenvalue weighted by Crippen LogP contribution is -2.22. The molecule has 34 heavy (non-hydrogen) atoms. The Morgan fingerprint density at radius 3 is 2.35 bits per heavy atom. The van der Waals surface area contributed by atoms with Crippen LogP contribution in [0.2, 0.25) is 0 Å². The molecule has 1 amide bonds. The van der Waals surface area contributed by atoms with E-state index >= 15 is 0 Å². The number of sulfonamides is 1. The summed E-state index contributed by atoms with van der Waals surface area (Å²) in [5, 5.41) is 12.6. The molecule has 3 aromatic rings. The van der Waals surface area contributed by atoms with Gasteiger partial charge in [-0.05, 0) is 43.3 Å². The number of hydrogen-bond donors (Lipinski definition) is 2. The molecule has 1 aromatic heterocycles. The summed E-state index contributed by atoms with van der Waals surface area (Å²) in [7, 11) is -4.18. The Kier molecular flexibility index (Phi) is 7.34. The first kappa shape index (κ1) is 25.7. The van der Waals surface area contributed by atoms with Crippen LogP contribution in [0.4, 0.5) is 5.69 Å². The van der Waals surface area contributed by atoms with Crippen molar-refractivity contribution in [3.63, 3.8) is 0 Å². The molecule has 0 saturated carbocycles. The SMILES string of the molecule is CCn1c(CCC(=O)Nc2cc(S(=O)(=O)CC)ccc2O)nc2cc(S(=O)(=O)N(C)C)ccc21. The number of nitrogens with zero attached hydrogens (tertiary/aromatic N) is 3. The highest BCUT2D eigenvalue weighted by molar-refractivity contribution is 7.91. The van der Waals surface area contributed by atoms with E-state index in [1.165, 1.54) is 51.4 Å². The summed E-state index contributed by atoms with van der Waals surface area (Å²) >= 11 is 0. The van der Waals surface area contributed by atoms with Gasteiger partial charge in [-0.15, -0.1) is 0 Å². The van der Waals surface area contributed by atoms with E-state index in [0.717, 1.165) is 9.82 Å². The molecule has 0 aliphatic rings. The molecule has 0 saturated heterocycles. The maximum Gasteiger partial charge on any atom is 0.242 e. The van der Waals surface area contributed by atoms with Crippen molar-refractivity contribution >= 4 is 42.5 Å². The second-order valence-electron chi connectivity index (χ2n) is 7.84. The second-order valence-corrected chi connectivity index (χ2v) is 12.3. The molecule has 0 bridgehead atoms. The number of hydrogen-bond acceptors (Lipinski definition) is 7. The first-order chi connectivity index (χ1) is 15.9. The predicted molar refractivity (Wildman–Crippen MR) is 129 cm³/mol. The van der Waals surface area contributed by atoms with E-state index in [1.54, 1.807) is 6.07 Å². The van der Waals surface area contributed by atoms with Gasteiger partial charge in [0.25, 0.3) is 0 Å². The molecule has 0 radical (unpaired) electrons. The monoisotopic (exact) mass is 508 g/mol. The third-order valence-corrected chi connectivity index (χ3v) is 8.99. The minimum atomic E-state index is -3.61. The molecule has 0 atom stereocenters. The zero-order valence-corrected chi connectivity index (χ0v) is 21.1. The Morgan fingerprint density at radius 2 is 1.74 bits per heavy atom. The van der Waals surface area contributed by atoms with Crippen LogP contribution in [0.25, 0.3) is 11.0 Å². The topological polar surface area (TPSA) is 139 Å². The highest BCUT2D eigenvalue weighted by Gasteiger charge is 2.20. The molecular weight excluding hydrogens is 480 g/mol. The molecule has 0 fully saturated rings. The molecule has 10 nitrogen and oxygen atoms in total. The van der Waals surface area contributed by atoms with Crippen molar-refractivity contribution in [3.05, 3.63) is 42.2 Å². The number of nitrogens with one attached hydrogen (secondary N) is 1. The summed E-state index contributed by atoms with van der Waals surface area (Å²) in [4.78, 5) is 17.2. The van der Waals surface area contributed by atoms with Gasteiger partial charge < -0.3 is 15.0 Å². The number of phenols is 1. The second kappa shape index (κ2) is 9.72. The van der Waals surface area contributed by atoms with Gasteiger partial charge in [-0.25, -0.2) is 26.1 Å². The number of rotatable bonds is 9. The fourth-order valence-corrected chi connectivity index (χ4v) is 5.32. The maximum atomic E-state index is 12.6. The molecule has 2 aromatic carbocycles. The van der Waals surface area contributed by atoms with E-state index in [4.69, 9.17) is 0 Å². The minimum Gasteiger partial charge on any atom is -0.506 e. The van der Waals surface area contributed by atoms with Gasteiger partial charge in [0.05, 0.1) is 32.3 Å². The molecule has 12 heteroatoms. The first-order valence-electron chi connectivity index (χ1n) is 10.7. The average Bonchev–Trinajstić information content (AvgIpc) is 3.15. The molecule has 1 heterocycles. The van der Waals surface area contributed by atoms with Crippen LogP contribution in [0.1, 0.15) is 26.1 Å². The third kappa shape index (κ3) is 5.08. The Balaban J connectivity index is 1.81. The number of aromatic nitrogens is 2. The number of amides is 1. The van der Waals surface area contributed by atoms with Crippen molar-refractivity contribution in [2.75, 3.05) is 25.2 Å². The highest BCUT2D eigenvalue weighted by atomic mass is 32.2. The van der Waals surface area contributed by atoms with Gasteiger partial charge >= 0.3 is 0 Å². The predicted octanol–water partition coefficient (Wildman–Crippen LogP) is 2.38. The van der Waals surface area contributed by atoms with Crippen molar-refractivity contribution in [1.29, 1.82) is 0 Å². The normalized spacial score (nSPS) is 12.4. The largest absolute Gasteiger partial charge is 0.506 e. The van der Waals surface area contributed by atoms with Crippen LogP contribution in [-0.4, -0.2) is 61.6 Å². The van der Waals surface area contributed by atoms with Gasteiger partial charge in [0.15, 0.2) is 9.84 Å². The van der Waals surface area contributed by atoms with Gasteiger partial charge in [0.2, 0.25) is 15.9 Å². The van der Waals surface area contributed by atoms with E-state index in [9.17, 15) is 26.7 Å². The Hall–Kier alpha value is -2.96. The van der Waals surface area contributed by atoms with Crippen LogP contribution < -0.4 is 5.32 Å². The van der Waals surface area contributed by atoms with Gasteiger partial charge in [-0.3, -0.25) is 4.79 Å². The molecule has 0 unspecified atom stereocenters. The number of anilines is 1. The minimum absolute atomic E-state index is 0.0133. The quantitative estimate of drug-likeness (QED) is 0.423. The lowest BCUT2D eigenvalue weighted by molar-refractivity contribution is -0.116. The smallest absolute Gasteiger partial charge is 0.242 e. The van der Waals surface area contributed by atoms with Crippen molar-refractivity contribution in [1.82, 2.24) is 13.9 Å². The number of sulfone groups is 1. The Labute approximate surface area is 199 Å². The average molecular weight is 509 g/mol. The van der Waals surface area contributed by atoms with Gasteiger partial charge in [0.1, 0.15) is 11.6 Å². The number of fused-ring (bicyclic) bond motifs is 1. The molecule has 184 valence electrons. The van der Waals surface area contributed by atoms with Crippen molar-refractivity contribution in [2.45, 2.75) is 43.0 Å². The summed E-state index contributed by atoms with van der Waals surface area (Å²) in [6, 6.07) is 8.50. The molecular formula is C22H28N4O6S2. The lowest BCUT2D eigenvalue weighted by Gasteiger charge is -2.11. The van der Waals surface area contributed by atoms with E-state index < -0.39 is 25.8 Å². The van der Waals surface area contributed by atoms with Gasteiger partial charge in [0, 0.05) is 33.5 Å². The number of carbonyl (C=O) groups is 1. The number of aryl methyl sites for hydroxylation is 2. The zero-order valence-electron chi connectivity index (χ0n) is 19.4. The standard InChI is InChI=1S/C22H28N4O6S2/c1-5-26-19-9-7-16(34(31,32)25(3)4)14-17(19)23-21(26)11-12-22(28)24-18-13-15(8-10-20(18)27)33(29,30)6-2/h7-10,13-14,27H,5-6,11-12H2,1-4H3,(H,24,28). The number of imidazole rings is 1. The number of carbonyl (C=O) groups excluding carboxylic acids is 1. The van der Waals surface area contributed by atoms with E-state index in [1.807, 2.05) is 11.5 Å². The highest BCUT2D eigenvalue weighted by Crippen LogP contribution is 2.27. The van der Waals surface area contributed by atoms with Crippen LogP contribution in [-0.2, 0) is 37.6 Å². The molecule has 0 aliphatic heterocycles. The summed E-state index contributed by atoms with van der Waals surface area (Å²) in [6.45, 7) is 4.01. The fourth-order valence-electron chi connectivity index (χ4n) is 3.49. The summed E-state index contributed by atoms with van der Waals surface area (Å²) in [5.41, 5.74) is 1.28. The maximum absolute atomic E-state index is 12.6. The van der Waals surface area contributed by atoms with Crippen molar-refractivity contribution in [2.24, 2.45) is 0 Å². The Morgan fingerprint density at radius 1 is 1.06 bits per heavy atom. The van der Waals surface area contributed by atoms with Crippen LogP contribution in [0.5, 0.6) is 5.75 Å². The Bertz CT molecular complexity index is 1440. The number of benzene rings is 2. The molecule has 3 rings (SSSR count). The third-order valence-electron chi connectivity index (χ3n) is 5.45. The number of phenolic OH excluding ortho intramolecular Hbond substituents is 1. The van der Waals surface area contributed by atoms with Crippen molar-refractivity contribution in [3.8, 4) is 5.75 Å². The first-order valence-corrected chi connectivity index (χ1v) is 13.8. The van der Waals surface area contributed by atoms with Crippen LogP contribution in [0.15, 0.2) is 46.2 Å². The van der Waals surface area contributed by atoms with Crippen LogP contribution >= 0.6 is 0 Å². The van der Waals surface area contributed by atoms with Gasteiger partial charge in [-0.1, -0.05) is 6.92 Å². The van der Waals surface area contributed by atoms with E-state index in [0.29, 0.717) is 17.9 Å². The van der Waals surface area contributed by atoms with Crippen molar-refractivity contribution < 1.29 is 26.7 Å². The van der Waals surface area contributed by atoms with Crippen LogP contribution in [0.3, 0.4) is 0 Å². The molecule has 0 aliphatic carbocycles.